The van der Waals surface area contributed by atoms with E-state index in [0.29, 0.717) is 25.7 Å². The summed E-state index contributed by atoms with van der Waals surface area (Å²) in [5.74, 6) is -1.54. The van der Waals surface area contributed by atoms with Gasteiger partial charge in [-0.2, -0.15) is 0 Å². The summed E-state index contributed by atoms with van der Waals surface area (Å²) < 4.78 is 28.1. The maximum Gasteiger partial charge on any atom is 0.508 e. The van der Waals surface area contributed by atoms with Gasteiger partial charge in [-0.1, -0.05) is 38.8 Å². The lowest BCUT2D eigenvalue weighted by Gasteiger charge is -2.59. The molecule has 15 heteroatoms. The zero-order chi connectivity index (χ0) is 34.9. The van der Waals surface area contributed by atoms with Gasteiger partial charge in [0.15, 0.2) is 24.3 Å². The van der Waals surface area contributed by atoms with Crippen molar-refractivity contribution in [3.63, 3.8) is 0 Å². The van der Waals surface area contributed by atoms with Crippen molar-refractivity contribution in [2.24, 2.45) is 34.3 Å². The van der Waals surface area contributed by atoms with Gasteiger partial charge in [0.2, 0.25) is 5.78 Å². The fourth-order valence-electron chi connectivity index (χ4n) is 9.13. The van der Waals surface area contributed by atoms with Crippen LogP contribution in [0.2, 0.25) is 0 Å². The van der Waals surface area contributed by atoms with Crippen LogP contribution in [0, 0.1) is 38.7 Å². The molecule has 1 heterocycles. The van der Waals surface area contributed by atoms with E-state index in [1.165, 1.54) is 0 Å². The van der Waals surface area contributed by atoms with Gasteiger partial charge < -0.3 is 39.4 Å². The summed E-state index contributed by atoms with van der Waals surface area (Å²) >= 11 is 0. The Balaban J connectivity index is 1.22. The number of ether oxygens (including phenoxy) is 5. The van der Waals surface area contributed by atoms with Crippen molar-refractivity contribution in [3.8, 4) is 0 Å². The molecular formula is C33H46N2O13. The minimum atomic E-state index is -1.47. The molecule has 15 nitrogen and oxygen atoms in total. The van der Waals surface area contributed by atoms with Crippen LogP contribution in [0.15, 0.2) is 23.8 Å². The second-order valence-corrected chi connectivity index (χ2v) is 14.0. The molecule has 266 valence electrons. The Hall–Kier alpha value is -3.40. The number of fused-ring (bicyclic) bond motifs is 7. The van der Waals surface area contributed by atoms with Crippen LogP contribution < -0.4 is 5.73 Å². The normalized spacial score (nSPS) is 36.9. The second kappa shape index (κ2) is 14.2. The van der Waals surface area contributed by atoms with Gasteiger partial charge in [0.05, 0.1) is 25.4 Å². The van der Waals surface area contributed by atoms with Crippen LogP contribution in [0.3, 0.4) is 0 Å². The van der Waals surface area contributed by atoms with E-state index in [4.69, 9.17) is 29.4 Å². The monoisotopic (exact) mass is 678 g/mol. The number of hydrogen-bond acceptors (Lipinski definition) is 14. The highest BCUT2D eigenvalue weighted by atomic mass is 16.9. The summed E-state index contributed by atoms with van der Waals surface area (Å²) in [4.78, 5) is 65.3. The number of nitrogens with two attached hydrogens (primary N) is 1. The van der Waals surface area contributed by atoms with Crippen LogP contribution in [0.25, 0.3) is 0 Å². The van der Waals surface area contributed by atoms with Crippen LogP contribution in [0.4, 0.5) is 4.79 Å². The second-order valence-electron chi connectivity index (χ2n) is 14.0. The predicted octanol–water partition coefficient (Wildman–Crippen LogP) is 2.74. The van der Waals surface area contributed by atoms with Crippen molar-refractivity contribution in [3.05, 3.63) is 33.9 Å². The lowest BCUT2D eigenvalue weighted by molar-refractivity contribution is -0.757. The zero-order valence-corrected chi connectivity index (χ0v) is 27.6. The molecule has 0 amide bonds. The molecule has 3 saturated carbocycles. The van der Waals surface area contributed by atoms with E-state index in [2.05, 4.69) is 11.8 Å². The number of carbonyl (C=O) groups excluding carboxylic acids is 4. The van der Waals surface area contributed by atoms with E-state index in [1.807, 2.05) is 19.9 Å². The summed E-state index contributed by atoms with van der Waals surface area (Å²) in [6, 6.07) is -1.32. The first kappa shape index (κ1) is 35.9. The first-order valence-corrected chi connectivity index (χ1v) is 16.7. The van der Waals surface area contributed by atoms with E-state index in [9.17, 15) is 34.4 Å². The Kier molecular flexibility index (Phi) is 10.6. The first-order chi connectivity index (χ1) is 22.8. The maximum atomic E-state index is 14.2. The van der Waals surface area contributed by atoms with Gasteiger partial charge in [-0.3, -0.25) is 14.4 Å². The Morgan fingerprint density at radius 2 is 1.94 bits per heavy atom. The van der Waals surface area contributed by atoms with Gasteiger partial charge in [0.1, 0.15) is 12.6 Å². The highest BCUT2D eigenvalue weighted by molar-refractivity contribution is 6.01. The molecule has 1 aliphatic heterocycles. The van der Waals surface area contributed by atoms with E-state index in [-0.39, 0.29) is 49.6 Å². The van der Waals surface area contributed by atoms with Crippen LogP contribution in [0.5, 0.6) is 0 Å². The van der Waals surface area contributed by atoms with Gasteiger partial charge in [0.25, 0.3) is 5.09 Å². The van der Waals surface area contributed by atoms with Crippen molar-refractivity contribution in [2.75, 3.05) is 26.4 Å². The smallest absolute Gasteiger partial charge is 0.464 e. The topological polar surface area (TPSA) is 213 Å². The minimum Gasteiger partial charge on any atom is -0.464 e. The number of aliphatic hydroxyl groups excluding tert-OH is 1. The van der Waals surface area contributed by atoms with Gasteiger partial charge in [-0.05, 0) is 68.9 Å². The first-order valence-electron chi connectivity index (χ1n) is 16.7. The number of hydrogen-bond donors (Lipinski definition) is 2. The average Bonchev–Trinajstić information content (AvgIpc) is 3.52. The zero-order valence-electron chi connectivity index (χ0n) is 27.6. The standard InChI is InChI=1S/C33H46N2O13/c1-4-7-27-47-26-15-22-21-9-8-19-14-20(36)10-11-31(19,2)28(21)24(37)16-32(22,3)33(26,48-27)25(38)18-45-30(40)44-17-23(34)29(39)43-12-5-6-13-46-35(41)42/h10-11,14,21-24,26-28,37H,4-9,12-13,15-18,34H2,1-3H3/t21?,22?,23?,24-,26+,27?,28?,31-,32-,33-/m0/s1. The molecule has 4 fully saturated rings. The molecule has 10 atom stereocenters. The van der Waals surface area contributed by atoms with Crippen molar-refractivity contribution in [2.45, 2.75) is 102 Å². The fourth-order valence-corrected chi connectivity index (χ4v) is 9.13. The SMILES string of the molecule is CCCC1O[C@@H]2CC3C4CCC5=CC(=O)C=C[C@]5(C)C4[C@@H](O)C[C@]3(C)[C@@]2(C(=O)COC(=O)OCC(N)C(=O)OCCCCO[N+](=O)[O-])O1. The average molecular weight is 679 g/mol. The van der Waals surface area contributed by atoms with Crippen LogP contribution in [-0.2, 0) is 42.9 Å². The van der Waals surface area contributed by atoms with Crippen LogP contribution >= 0.6 is 0 Å². The Labute approximate surface area is 278 Å². The van der Waals surface area contributed by atoms with E-state index in [0.717, 1.165) is 18.4 Å². The number of carbonyl (C=O) groups is 4. The fraction of sp³-hybridized carbons (Fsp3) is 0.758. The van der Waals surface area contributed by atoms with E-state index in [1.54, 1.807) is 12.2 Å². The van der Waals surface area contributed by atoms with Crippen molar-refractivity contribution < 1.29 is 57.9 Å². The highest BCUT2D eigenvalue weighted by Gasteiger charge is 2.75. The Morgan fingerprint density at radius 3 is 2.67 bits per heavy atom. The molecule has 5 unspecified atom stereocenters. The molecule has 0 spiro atoms. The van der Waals surface area contributed by atoms with Gasteiger partial charge in [-0.25, -0.2) is 4.79 Å². The predicted molar refractivity (Wildman–Crippen MR) is 164 cm³/mol. The lowest BCUT2D eigenvalue weighted by atomic mass is 9.46. The summed E-state index contributed by atoms with van der Waals surface area (Å²) in [6.45, 7) is 4.61. The Morgan fingerprint density at radius 1 is 1.19 bits per heavy atom. The number of rotatable bonds is 14. The van der Waals surface area contributed by atoms with Crippen molar-refractivity contribution >= 4 is 23.7 Å². The third-order valence-corrected chi connectivity index (χ3v) is 11.2. The van der Waals surface area contributed by atoms with Crippen LogP contribution in [-0.4, -0.2) is 90.5 Å². The van der Waals surface area contributed by atoms with E-state index < -0.39 is 77.2 Å². The Bertz CT molecular complexity index is 1350. The highest BCUT2D eigenvalue weighted by Crippen LogP contribution is 2.69. The number of aliphatic hydroxyl groups is 1. The molecule has 0 radical (unpaired) electrons. The third kappa shape index (κ3) is 6.49. The third-order valence-electron chi connectivity index (χ3n) is 11.2. The molecule has 3 N–H and O–H groups in total. The molecule has 0 aromatic carbocycles. The number of Topliss-reactive ketones (excluding diaryl/α,β-unsaturated/α-hetero) is 1. The summed E-state index contributed by atoms with van der Waals surface area (Å²) in [5, 5.41) is 21.1. The molecule has 0 bridgehead atoms. The van der Waals surface area contributed by atoms with Crippen molar-refractivity contribution in [1.82, 2.24) is 0 Å². The molecule has 1 saturated heterocycles. The number of esters is 1. The van der Waals surface area contributed by atoms with E-state index >= 15 is 0 Å². The van der Waals surface area contributed by atoms with Gasteiger partial charge in [-0.15, -0.1) is 10.1 Å². The van der Waals surface area contributed by atoms with Crippen LogP contribution in [0.1, 0.15) is 72.1 Å². The summed E-state index contributed by atoms with van der Waals surface area (Å²) in [6.07, 6.45) is 6.15. The number of unbranched alkanes of at least 4 members (excludes halogenated alkanes) is 1. The number of ketones is 2. The molecule has 0 aromatic heterocycles. The molecule has 5 aliphatic rings. The molecule has 4 aliphatic carbocycles. The minimum absolute atomic E-state index is 0.0346. The lowest BCUT2D eigenvalue weighted by Crippen LogP contribution is -2.63. The van der Waals surface area contributed by atoms with Crippen molar-refractivity contribution in [1.29, 1.82) is 0 Å². The molecule has 48 heavy (non-hydrogen) atoms. The number of nitrogens with zero attached hydrogens (tertiary/aromatic N) is 1. The number of allylic oxidation sites excluding steroid dienone is 4. The quantitative estimate of drug-likeness (QED) is 0.117. The molecule has 5 rings (SSSR count). The molecule has 0 aromatic rings. The van der Waals surface area contributed by atoms with Gasteiger partial charge in [0, 0.05) is 16.7 Å². The largest absolute Gasteiger partial charge is 0.508 e. The molecular weight excluding hydrogens is 632 g/mol. The maximum absolute atomic E-state index is 14.2. The van der Waals surface area contributed by atoms with Gasteiger partial charge >= 0.3 is 12.1 Å². The summed E-state index contributed by atoms with van der Waals surface area (Å²) in [7, 11) is 0. The summed E-state index contributed by atoms with van der Waals surface area (Å²) in [5.41, 5.74) is 4.00.